The summed E-state index contributed by atoms with van der Waals surface area (Å²) >= 11 is 12.3. The number of fused-ring (bicyclic) bond motifs is 1. The lowest BCUT2D eigenvalue weighted by molar-refractivity contribution is -0.122. The molecule has 0 unspecified atom stereocenters. The summed E-state index contributed by atoms with van der Waals surface area (Å²) < 4.78 is 6.14. The fourth-order valence-corrected chi connectivity index (χ4v) is 4.79. The van der Waals surface area contributed by atoms with Crippen LogP contribution in [0.15, 0.2) is 78.4 Å². The maximum atomic E-state index is 13.6. The van der Waals surface area contributed by atoms with Gasteiger partial charge in [0.2, 0.25) is 0 Å². The highest BCUT2D eigenvalue weighted by Gasteiger charge is 2.37. The second-order valence-corrected chi connectivity index (χ2v) is 9.81. The lowest BCUT2D eigenvalue weighted by Crippen LogP contribution is -2.54. The Bertz CT molecular complexity index is 1660. The molecule has 5 rings (SSSR count). The number of anilines is 1. The molecule has 0 atom stereocenters. The Balaban J connectivity index is 1.60. The molecule has 1 aliphatic heterocycles. The zero-order chi connectivity index (χ0) is 27.0. The average Bonchev–Trinajstić information content (AvgIpc) is 2.88. The third-order valence-corrected chi connectivity index (χ3v) is 6.91. The van der Waals surface area contributed by atoms with Crippen molar-refractivity contribution in [1.82, 2.24) is 5.32 Å². The number of carbonyl (C=O) groups excluding carboxylic acids is 3. The van der Waals surface area contributed by atoms with Gasteiger partial charge in [-0.05, 0) is 66.1 Å². The van der Waals surface area contributed by atoms with Gasteiger partial charge >= 0.3 is 6.03 Å². The first kappa shape index (κ1) is 25.5. The van der Waals surface area contributed by atoms with E-state index in [1.807, 2.05) is 49.4 Å². The average molecular weight is 545 g/mol. The van der Waals surface area contributed by atoms with E-state index in [0.717, 1.165) is 32.4 Å². The first-order valence-electron chi connectivity index (χ1n) is 11.8. The second kappa shape index (κ2) is 10.3. The Morgan fingerprint density at radius 3 is 2.50 bits per heavy atom. The number of aryl methyl sites for hydroxylation is 2. The summed E-state index contributed by atoms with van der Waals surface area (Å²) in [6.45, 7) is 3.80. The van der Waals surface area contributed by atoms with Gasteiger partial charge in [0.15, 0.2) is 0 Å². The summed E-state index contributed by atoms with van der Waals surface area (Å²) in [6, 6.07) is 21.0. The van der Waals surface area contributed by atoms with Crippen LogP contribution < -0.4 is 15.0 Å². The molecule has 0 radical (unpaired) electrons. The van der Waals surface area contributed by atoms with Crippen molar-refractivity contribution in [3.63, 3.8) is 0 Å². The minimum Gasteiger partial charge on any atom is -0.488 e. The number of nitrogens with zero attached hydrogens (tertiary/aromatic N) is 1. The van der Waals surface area contributed by atoms with E-state index in [4.69, 9.17) is 27.9 Å². The number of carbonyl (C=O) groups is 3. The summed E-state index contributed by atoms with van der Waals surface area (Å²) in [5.41, 5.74) is 3.08. The van der Waals surface area contributed by atoms with E-state index in [-0.39, 0.29) is 12.2 Å². The van der Waals surface area contributed by atoms with Crippen molar-refractivity contribution < 1.29 is 19.1 Å². The van der Waals surface area contributed by atoms with E-state index in [1.165, 1.54) is 6.08 Å². The third-order valence-electron chi connectivity index (χ3n) is 6.32. The number of rotatable bonds is 5. The Morgan fingerprint density at radius 1 is 0.921 bits per heavy atom. The molecule has 38 heavy (non-hydrogen) atoms. The lowest BCUT2D eigenvalue weighted by atomic mass is 9.99. The number of imide groups is 2. The molecular weight excluding hydrogens is 523 g/mol. The molecule has 0 aromatic heterocycles. The summed E-state index contributed by atoms with van der Waals surface area (Å²) in [5, 5.41) is 4.94. The third kappa shape index (κ3) is 4.88. The van der Waals surface area contributed by atoms with Crippen molar-refractivity contribution >= 4 is 63.6 Å². The van der Waals surface area contributed by atoms with Crippen LogP contribution in [0.1, 0.15) is 22.3 Å². The maximum Gasteiger partial charge on any atom is 0.335 e. The van der Waals surface area contributed by atoms with E-state index in [2.05, 4.69) is 5.32 Å². The first-order valence-corrected chi connectivity index (χ1v) is 12.6. The van der Waals surface area contributed by atoms with Gasteiger partial charge in [-0.25, -0.2) is 9.69 Å². The van der Waals surface area contributed by atoms with Gasteiger partial charge in [-0.1, -0.05) is 71.7 Å². The molecular formula is C30H22Cl2N2O4. The van der Waals surface area contributed by atoms with Crippen LogP contribution in [0.3, 0.4) is 0 Å². The van der Waals surface area contributed by atoms with Crippen molar-refractivity contribution in [1.29, 1.82) is 0 Å². The number of amides is 4. The summed E-state index contributed by atoms with van der Waals surface area (Å²) in [6.07, 6.45) is 1.48. The first-order chi connectivity index (χ1) is 18.2. The summed E-state index contributed by atoms with van der Waals surface area (Å²) in [5.74, 6) is -1.05. The number of benzene rings is 4. The Morgan fingerprint density at radius 2 is 1.71 bits per heavy atom. The SMILES string of the molecule is Cc1ccc(C)c(N2C(=O)NC(=O)/C(=C\c3c(OCc4ccc(Cl)cc4Cl)ccc4ccccc34)C2=O)c1. The molecule has 8 heteroatoms. The second-order valence-electron chi connectivity index (χ2n) is 8.97. The zero-order valence-electron chi connectivity index (χ0n) is 20.5. The highest BCUT2D eigenvalue weighted by Crippen LogP contribution is 2.33. The minimum atomic E-state index is -0.794. The van der Waals surface area contributed by atoms with Crippen molar-refractivity contribution in [3.05, 3.63) is 111 Å². The molecule has 4 aromatic carbocycles. The van der Waals surface area contributed by atoms with E-state index in [9.17, 15) is 14.4 Å². The summed E-state index contributed by atoms with van der Waals surface area (Å²) in [4.78, 5) is 40.3. The smallest absolute Gasteiger partial charge is 0.335 e. The van der Waals surface area contributed by atoms with Crippen molar-refractivity contribution in [2.45, 2.75) is 20.5 Å². The number of hydrogen-bond donors (Lipinski definition) is 1. The van der Waals surface area contributed by atoms with Crippen LogP contribution in [0.4, 0.5) is 10.5 Å². The maximum absolute atomic E-state index is 13.6. The van der Waals surface area contributed by atoms with E-state index >= 15 is 0 Å². The van der Waals surface area contributed by atoms with Crippen LogP contribution in [0.5, 0.6) is 5.75 Å². The molecule has 0 saturated carbocycles. The van der Waals surface area contributed by atoms with Gasteiger partial charge in [0.25, 0.3) is 11.8 Å². The predicted octanol–water partition coefficient (Wildman–Crippen LogP) is 7.01. The van der Waals surface area contributed by atoms with Gasteiger partial charge in [-0.3, -0.25) is 14.9 Å². The van der Waals surface area contributed by atoms with Crippen LogP contribution in [0.2, 0.25) is 10.0 Å². The molecule has 6 nitrogen and oxygen atoms in total. The topological polar surface area (TPSA) is 75.7 Å². The quantitative estimate of drug-likeness (QED) is 0.216. The Labute approximate surface area is 229 Å². The number of ether oxygens (including phenoxy) is 1. The van der Waals surface area contributed by atoms with Gasteiger partial charge in [-0.2, -0.15) is 0 Å². The molecule has 1 fully saturated rings. The fourth-order valence-electron chi connectivity index (χ4n) is 4.33. The number of urea groups is 1. The Hall–Kier alpha value is -4.13. The van der Waals surface area contributed by atoms with E-state index in [0.29, 0.717) is 27.0 Å². The van der Waals surface area contributed by atoms with E-state index in [1.54, 1.807) is 37.3 Å². The molecule has 1 N–H and O–H groups in total. The summed E-state index contributed by atoms with van der Waals surface area (Å²) in [7, 11) is 0. The van der Waals surface area contributed by atoms with Crippen LogP contribution in [-0.4, -0.2) is 17.8 Å². The van der Waals surface area contributed by atoms with E-state index < -0.39 is 17.8 Å². The van der Waals surface area contributed by atoms with Crippen LogP contribution in [0, 0.1) is 13.8 Å². The largest absolute Gasteiger partial charge is 0.488 e. The predicted molar refractivity (Wildman–Crippen MR) is 150 cm³/mol. The normalized spacial score (nSPS) is 14.8. The lowest BCUT2D eigenvalue weighted by Gasteiger charge is -2.28. The highest BCUT2D eigenvalue weighted by molar-refractivity contribution is 6.39. The van der Waals surface area contributed by atoms with Gasteiger partial charge in [0.05, 0.1) is 5.69 Å². The highest BCUT2D eigenvalue weighted by atomic mass is 35.5. The molecule has 1 aliphatic rings. The molecule has 0 spiro atoms. The number of barbiturate groups is 1. The standard InChI is InChI=1S/C30H22Cl2N2O4/c1-17-7-8-18(2)26(13-17)34-29(36)24(28(35)33-30(34)37)15-23-22-6-4-3-5-19(22)10-12-27(23)38-16-20-9-11-21(31)14-25(20)32/h3-15H,16H2,1-2H3,(H,33,35,37)/b24-15+. The Kier molecular flexibility index (Phi) is 6.93. The van der Waals surface area contributed by atoms with Gasteiger partial charge < -0.3 is 4.74 Å². The number of halogens is 2. The molecule has 1 heterocycles. The number of nitrogens with one attached hydrogen (secondary N) is 1. The number of hydrogen-bond acceptors (Lipinski definition) is 4. The van der Waals surface area contributed by atoms with Crippen molar-refractivity contribution in [2.24, 2.45) is 0 Å². The minimum absolute atomic E-state index is 0.137. The molecule has 4 aromatic rings. The monoisotopic (exact) mass is 544 g/mol. The molecule has 190 valence electrons. The molecule has 1 saturated heterocycles. The van der Waals surface area contributed by atoms with Crippen LogP contribution in [0.25, 0.3) is 16.8 Å². The van der Waals surface area contributed by atoms with Crippen LogP contribution >= 0.6 is 23.2 Å². The van der Waals surface area contributed by atoms with Crippen molar-refractivity contribution in [3.8, 4) is 5.75 Å². The van der Waals surface area contributed by atoms with Gasteiger partial charge in [-0.15, -0.1) is 0 Å². The van der Waals surface area contributed by atoms with Crippen molar-refractivity contribution in [2.75, 3.05) is 4.90 Å². The van der Waals surface area contributed by atoms with Gasteiger partial charge in [0, 0.05) is 21.2 Å². The molecule has 0 aliphatic carbocycles. The fraction of sp³-hybridized carbons (Fsp3) is 0.100. The molecule has 4 amide bonds. The molecule has 0 bridgehead atoms. The van der Waals surface area contributed by atoms with Crippen LogP contribution in [-0.2, 0) is 16.2 Å². The van der Waals surface area contributed by atoms with Gasteiger partial charge in [0.1, 0.15) is 17.9 Å². The zero-order valence-corrected chi connectivity index (χ0v) is 22.1.